The molecule has 0 atom stereocenters. The third-order valence-electron chi connectivity index (χ3n) is 3.11. The average Bonchev–Trinajstić information content (AvgIpc) is 2.28. The van der Waals surface area contributed by atoms with Crippen molar-refractivity contribution in [1.82, 2.24) is 4.98 Å². The van der Waals surface area contributed by atoms with Crippen molar-refractivity contribution in [2.45, 2.75) is 26.2 Å². The van der Waals surface area contributed by atoms with Crippen LogP contribution in [0.5, 0.6) is 0 Å². The number of fused-ring (bicyclic) bond motifs is 1. The van der Waals surface area contributed by atoms with Crippen LogP contribution >= 0.6 is 0 Å². The zero-order valence-electron chi connectivity index (χ0n) is 10.5. The van der Waals surface area contributed by atoms with Gasteiger partial charge in [0.1, 0.15) is 16.7 Å². The summed E-state index contributed by atoms with van der Waals surface area (Å²) in [7, 11) is 0. The van der Waals surface area contributed by atoms with Crippen molar-refractivity contribution in [3.63, 3.8) is 0 Å². The van der Waals surface area contributed by atoms with Gasteiger partial charge in [-0.1, -0.05) is 12.1 Å². The van der Waals surface area contributed by atoms with E-state index in [1.807, 2.05) is 0 Å². The normalized spacial score (nSPS) is 11.8. The molecule has 1 aromatic carbocycles. The first kappa shape index (κ1) is 12.5. The third-order valence-corrected chi connectivity index (χ3v) is 3.11. The van der Waals surface area contributed by atoms with Crippen LogP contribution in [0.2, 0.25) is 0 Å². The summed E-state index contributed by atoms with van der Waals surface area (Å²) in [4.78, 5) is 15.5. The minimum atomic E-state index is -1.14. The molecular weight excluding hydrogens is 233 g/mol. The lowest BCUT2D eigenvalue weighted by Crippen LogP contribution is -2.30. The molecule has 1 aromatic heterocycles. The van der Waals surface area contributed by atoms with Gasteiger partial charge in [-0.25, -0.2) is 9.37 Å². The van der Waals surface area contributed by atoms with Gasteiger partial charge in [-0.2, -0.15) is 0 Å². The van der Waals surface area contributed by atoms with Gasteiger partial charge in [0, 0.05) is 5.39 Å². The number of carbonyl (C=O) groups is 1. The lowest BCUT2D eigenvalue weighted by atomic mass is 9.86. The van der Waals surface area contributed by atoms with E-state index in [1.54, 1.807) is 39.0 Å². The van der Waals surface area contributed by atoms with Crippen LogP contribution in [-0.2, 0) is 10.2 Å². The average molecular weight is 247 g/mol. The molecule has 0 spiro atoms. The van der Waals surface area contributed by atoms with Crippen LogP contribution in [0, 0.1) is 12.7 Å². The molecule has 0 bridgehead atoms. The summed E-state index contributed by atoms with van der Waals surface area (Å²) in [5.41, 5.74) is 0.223. The Labute approximate surface area is 104 Å². The number of aryl methyl sites for hydroxylation is 1. The first-order valence-corrected chi connectivity index (χ1v) is 5.64. The van der Waals surface area contributed by atoms with Crippen molar-refractivity contribution in [3.05, 3.63) is 41.3 Å². The number of nitrogens with zero attached hydrogens (tertiary/aromatic N) is 1. The number of carboxylic acids is 1. The van der Waals surface area contributed by atoms with Crippen LogP contribution < -0.4 is 0 Å². The van der Waals surface area contributed by atoms with E-state index < -0.39 is 17.2 Å². The Morgan fingerprint density at radius 1 is 1.39 bits per heavy atom. The number of aromatic nitrogens is 1. The number of hydrogen-bond acceptors (Lipinski definition) is 2. The van der Waals surface area contributed by atoms with Gasteiger partial charge in [0.05, 0.1) is 5.69 Å². The second-order valence-corrected chi connectivity index (χ2v) is 4.90. The highest BCUT2D eigenvalue weighted by Crippen LogP contribution is 2.28. The molecular formula is C14H14FNO2. The predicted molar refractivity (Wildman–Crippen MR) is 67.1 cm³/mol. The summed E-state index contributed by atoms with van der Waals surface area (Å²) in [6.07, 6.45) is 0. The number of benzene rings is 1. The third kappa shape index (κ3) is 1.83. The summed E-state index contributed by atoms with van der Waals surface area (Å²) in [6.45, 7) is 4.92. The van der Waals surface area contributed by atoms with Crippen LogP contribution in [0.3, 0.4) is 0 Å². The van der Waals surface area contributed by atoms with Gasteiger partial charge in [0.2, 0.25) is 0 Å². The number of hydrogen-bond donors (Lipinski definition) is 1. The van der Waals surface area contributed by atoms with Crippen LogP contribution in [0.15, 0.2) is 24.3 Å². The van der Waals surface area contributed by atoms with E-state index in [9.17, 15) is 14.3 Å². The molecule has 18 heavy (non-hydrogen) atoms. The summed E-state index contributed by atoms with van der Waals surface area (Å²) < 4.78 is 13.7. The van der Waals surface area contributed by atoms with E-state index in [-0.39, 0.29) is 5.52 Å². The lowest BCUT2D eigenvalue weighted by molar-refractivity contribution is -0.142. The molecule has 2 rings (SSSR count). The minimum absolute atomic E-state index is 0.215. The Kier molecular flexibility index (Phi) is 2.81. The summed E-state index contributed by atoms with van der Waals surface area (Å²) in [5.74, 6) is -1.41. The molecule has 0 aliphatic carbocycles. The van der Waals surface area contributed by atoms with E-state index in [2.05, 4.69) is 4.98 Å². The molecule has 0 aliphatic heterocycles. The fraction of sp³-hybridized carbons (Fsp3) is 0.286. The molecule has 0 radical (unpaired) electrons. The largest absolute Gasteiger partial charge is 0.481 e. The van der Waals surface area contributed by atoms with Gasteiger partial charge in [0.15, 0.2) is 0 Å². The minimum Gasteiger partial charge on any atom is -0.481 e. The van der Waals surface area contributed by atoms with Crippen molar-refractivity contribution in [2.75, 3.05) is 0 Å². The van der Waals surface area contributed by atoms with Crippen LogP contribution in [0.1, 0.15) is 25.1 Å². The number of halogens is 1. The zero-order chi connectivity index (χ0) is 13.5. The molecule has 0 saturated heterocycles. The van der Waals surface area contributed by atoms with E-state index in [0.29, 0.717) is 11.1 Å². The molecule has 1 heterocycles. The highest BCUT2D eigenvalue weighted by molar-refractivity contribution is 5.84. The first-order chi connectivity index (χ1) is 8.34. The second kappa shape index (κ2) is 4.05. The zero-order valence-corrected chi connectivity index (χ0v) is 10.5. The Bertz CT molecular complexity index is 635. The molecule has 0 fully saturated rings. The number of aliphatic carboxylic acids is 1. The number of rotatable bonds is 2. The van der Waals surface area contributed by atoms with Gasteiger partial charge in [0.25, 0.3) is 0 Å². The Balaban J connectivity index is 2.77. The molecule has 4 heteroatoms. The molecule has 2 aromatic rings. The van der Waals surface area contributed by atoms with E-state index in [4.69, 9.17) is 0 Å². The van der Waals surface area contributed by atoms with E-state index in [1.165, 1.54) is 6.07 Å². The number of carboxylic acid groups (broad SMARTS) is 1. The van der Waals surface area contributed by atoms with Gasteiger partial charge < -0.3 is 5.11 Å². The molecule has 1 N–H and O–H groups in total. The van der Waals surface area contributed by atoms with Crippen molar-refractivity contribution in [2.24, 2.45) is 0 Å². The van der Waals surface area contributed by atoms with Crippen molar-refractivity contribution < 1.29 is 14.3 Å². The summed E-state index contributed by atoms with van der Waals surface area (Å²) >= 11 is 0. The maximum absolute atomic E-state index is 13.7. The first-order valence-electron chi connectivity index (χ1n) is 5.64. The molecule has 0 amide bonds. The Morgan fingerprint density at radius 3 is 2.67 bits per heavy atom. The molecule has 3 nitrogen and oxygen atoms in total. The fourth-order valence-electron chi connectivity index (χ4n) is 2.00. The highest BCUT2D eigenvalue weighted by atomic mass is 19.1. The monoisotopic (exact) mass is 247 g/mol. The SMILES string of the molecule is Cc1cc2cccc(F)c2nc1C(C)(C)C(=O)O. The number of pyridine rings is 1. The van der Waals surface area contributed by atoms with Crippen LogP contribution in [-0.4, -0.2) is 16.1 Å². The van der Waals surface area contributed by atoms with Gasteiger partial charge in [-0.3, -0.25) is 4.79 Å². The lowest BCUT2D eigenvalue weighted by Gasteiger charge is -2.21. The maximum atomic E-state index is 13.7. The van der Waals surface area contributed by atoms with E-state index in [0.717, 1.165) is 5.56 Å². The molecule has 0 aliphatic rings. The van der Waals surface area contributed by atoms with Gasteiger partial charge >= 0.3 is 5.97 Å². The van der Waals surface area contributed by atoms with Gasteiger partial charge in [-0.05, 0) is 38.5 Å². The molecule has 94 valence electrons. The van der Waals surface area contributed by atoms with E-state index >= 15 is 0 Å². The Hall–Kier alpha value is -1.97. The van der Waals surface area contributed by atoms with Crippen molar-refractivity contribution >= 4 is 16.9 Å². The quantitative estimate of drug-likeness (QED) is 0.887. The van der Waals surface area contributed by atoms with Crippen LogP contribution in [0.25, 0.3) is 10.9 Å². The predicted octanol–water partition coefficient (Wildman–Crippen LogP) is 3.04. The number of para-hydroxylation sites is 1. The smallest absolute Gasteiger partial charge is 0.315 e. The van der Waals surface area contributed by atoms with Crippen molar-refractivity contribution in [3.8, 4) is 0 Å². The molecule has 0 saturated carbocycles. The topological polar surface area (TPSA) is 50.2 Å². The maximum Gasteiger partial charge on any atom is 0.315 e. The molecule has 0 unspecified atom stereocenters. The van der Waals surface area contributed by atoms with Gasteiger partial charge in [-0.15, -0.1) is 0 Å². The summed E-state index contributed by atoms with van der Waals surface area (Å²) in [5, 5.41) is 9.90. The summed E-state index contributed by atoms with van der Waals surface area (Å²) in [6, 6.07) is 6.46. The fourth-order valence-corrected chi connectivity index (χ4v) is 2.00. The highest BCUT2D eigenvalue weighted by Gasteiger charge is 2.33. The van der Waals surface area contributed by atoms with Crippen molar-refractivity contribution in [1.29, 1.82) is 0 Å². The van der Waals surface area contributed by atoms with Crippen LogP contribution in [0.4, 0.5) is 4.39 Å². The second-order valence-electron chi connectivity index (χ2n) is 4.90. The Morgan fingerprint density at radius 2 is 2.06 bits per heavy atom. The standard InChI is InChI=1S/C14H14FNO2/c1-8-7-9-5-4-6-10(15)11(9)16-12(8)14(2,3)13(17)18/h4-7H,1-3H3,(H,17,18).